The van der Waals surface area contributed by atoms with Crippen LogP contribution in [0.15, 0.2) is 46.9 Å². The van der Waals surface area contributed by atoms with Gasteiger partial charge in [0.05, 0.1) is 11.1 Å². The molecule has 0 fully saturated rings. The molecule has 23 heavy (non-hydrogen) atoms. The van der Waals surface area contributed by atoms with Crippen molar-refractivity contribution >= 4 is 34.5 Å². The third-order valence-corrected chi connectivity index (χ3v) is 4.06. The number of imide groups is 1. The predicted molar refractivity (Wildman–Crippen MR) is 84.5 cm³/mol. The monoisotopic (exact) mass is 326 g/mol. The zero-order valence-electron chi connectivity index (χ0n) is 12.0. The minimum Gasteiger partial charge on any atom is -0.441 e. The van der Waals surface area contributed by atoms with Crippen LogP contribution in [0.25, 0.3) is 11.1 Å². The van der Waals surface area contributed by atoms with Crippen LogP contribution in [-0.2, 0) is 6.42 Å². The Morgan fingerprint density at radius 1 is 1.04 bits per heavy atom. The van der Waals surface area contributed by atoms with E-state index in [1.807, 2.05) is 0 Å². The number of carbonyl (C=O) groups is 2. The third kappa shape index (κ3) is 2.29. The van der Waals surface area contributed by atoms with Crippen LogP contribution < -0.4 is 0 Å². The first-order chi connectivity index (χ1) is 11.1. The summed E-state index contributed by atoms with van der Waals surface area (Å²) in [4.78, 5) is 30.1. The van der Waals surface area contributed by atoms with Gasteiger partial charge in [0.15, 0.2) is 11.5 Å². The van der Waals surface area contributed by atoms with Gasteiger partial charge in [-0.05, 0) is 30.3 Å². The van der Waals surface area contributed by atoms with Crippen molar-refractivity contribution in [1.29, 1.82) is 0 Å². The number of oxazole rings is 1. The van der Waals surface area contributed by atoms with Crippen LogP contribution in [-0.4, -0.2) is 28.2 Å². The van der Waals surface area contributed by atoms with Gasteiger partial charge >= 0.3 is 0 Å². The number of nitrogens with zero attached hydrogens (tertiary/aromatic N) is 2. The lowest BCUT2D eigenvalue weighted by Gasteiger charge is -2.11. The molecular formula is C17H11ClN2O3. The summed E-state index contributed by atoms with van der Waals surface area (Å²) < 4.78 is 5.61. The standard InChI is InChI=1S/C17H11ClN2O3/c18-10-5-6-14-13(9-10)19-15(23-14)7-8-20-16(21)11-3-1-2-4-12(11)17(20)22/h1-6,9H,7-8H2. The van der Waals surface area contributed by atoms with Gasteiger partial charge in [0, 0.05) is 18.0 Å². The minimum atomic E-state index is -0.273. The maximum absolute atomic E-state index is 12.3. The van der Waals surface area contributed by atoms with Crippen molar-refractivity contribution in [1.82, 2.24) is 9.88 Å². The van der Waals surface area contributed by atoms with E-state index in [0.29, 0.717) is 39.6 Å². The number of carbonyl (C=O) groups excluding carboxylic acids is 2. The molecule has 0 radical (unpaired) electrons. The van der Waals surface area contributed by atoms with E-state index in [9.17, 15) is 9.59 Å². The Morgan fingerprint density at radius 3 is 2.43 bits per heavy atom. The maximum Gasteiger partial charge on any atom is 0.261 e. The summed E-state index contributed by atoms with van der Waals surface area (Å²) in [7, 11) is 0. The van der Waals surface area contributed by atoms with E-state index in [0.717, 1.165) is 0 Å². The maximum atomic E-state index is 12.3. The number of halogens is 1. The Bertz CT molecular complexity index is 913. The van der Waals surface area contributed by atoms with Crippen LogP contribution in [0, 0.1) is 0 Å². The van der Waals surface area contributed by atoms with Crippen molar-refractivity contribution in [2.45, 2.75) is 6.42 Å². The van der Waals surface area contributed by atoms with E-state index in [1.165, 1.54) is 4.90 Å². The second-order valence-corrected chi connectivity index (χ2v) is 5.71. The molecule has 0 N–H and O–H groups in total. The molecule has 4 rings (SSSR count). The van der Waals surface area contributed by atoms with Gasteiger partial charge in [-0.3, -0.25) is 14.5 Å². The van der Waals surface area contributed by atoms with Gasteiger partial charge in [-0.15, -0.1) is 0 Å². The molecule has 0 spiro atoms. The predicted octanol–water partition coefficient (Wildman–Crippen LogP) is 3.32. The van der Waals surface area contributed by atoms with Crippen LogP contribution in [0.1, 0.15) is 26.6 Å². The highest BCUT2D eigenvalue weighted by atomic mass is 35.5. The van der Waals surface area contributed by atoms with Gasteiger partial charge in [0.2, 0.25) is 0 Å². The Labute approximate surface area is 136 Å². The Kier molecular flexibility index (Phi) is 3.16. The fourth-order valence-corrected chi connectivity index (χ4v) is 2.87. The average Bonchev–Trinajstić information content (AvgIpc) is 3.06. The van der Waals surface area contributed by atoms with Crippen LogP contribution >= 0.6 is 11.6 Å². The Hall–Kier alpha value is -2.66. The molecule has 0 unspecified atom stereocenters. The molecule has 114 valence electrons. The van der Waals surface area contributed by atoms with Crippen LogP contribution in [0.4, 0.5) is 0 Å². The molecule has 2 aromatic carbocycles. The number of aromatic nitrogens is 1. The molecule has 6 heteroatoms. The van der Waals surface area contributed by atoms with E-state index >= 15 is 0 Å². The Morgan fingerprint density at radius 2 is 1.74 bits per heavy atom. The van der Waals surface area contributed by atoms with Gasteiger partial charge in [-0.25, -0.2) is 4.98 Å². The van der Waals surface area contributed by atoms with Crippen molar-refractivity contribution in [3.63, 3.8) is 0 Å². The molecular weight excluding hydrogens is 316 g/mol. The molecule has 0 saturated carbocycles. The van der Waals surface area contributed by atoms with Crippen molar-refractivity contribution in [2.75, 3.05) is 6.54 Å². The highest BCUT2D eigenvalue weighted by Crippen LogP contribution is 2.24. The van der Waals surface area contributed by atoms with Gasteiger partial charge in [0.25, 0.3) is 11.8 Å². The minimum absolute atomic E-state index is 0.229. The second kappa shape index (κ2) is 5.21. The van der Waals surface area contributed by atoms with E-state index in [-0.39, 0.29) is 18.4 Å². The first kappa shape index (κ1) is 14.0. The average molecular weight is 327 g/mol. The smallest absolute Gasteiger partial charge is 0.261 e. The SMILES string of the molecule is O=C1c2ccccc2C(=O)N1CCc1nc2cc(Cl)ccc2o1. The molecule has 1 aliphatic heterocycles. The highest BCUT2D eigenvalue weighted by Gasteiger charge is 2.34. The molecule has 1 aromatic heterocycles. The second-order valence-electron chi connectivity index (χ2n) is 5.28. The fourth-order valence-electron chi connectivity index (χ4n) is 2.70. The zero-order valence-corrected chi connectivity index (χ0v) is 12.7. The number of hydrogen-bond donors (Lipinski definition) is 0. The normalized spacial score (nSPS) is 13.9. The van der Waals surface area contributed by atoms with Crippen LogP contribution in [0.5, 0.6) is 0 Å². The van der Waals surface area contributed by atoms with Gasteiger partial charge < -0.3 is 4.42 Å². The van der Waals surface area contributed by atoms with E-state index in [2.05, 4.69) is 4.98 Å². The van der Waals surface area contributed by atoms with Crippen LogP contribution in [0.3, 0.4) is 0 Å². The molecule has 2 heterocycles. The summed E-state index contributed by atoms with van der Waals surface area (Å²) in [5.74, 6) is -0.0756. The molecule has 0 bridgehead atoms. The lowest BCUT2D eigenvalue weighted by molar-refractivity contribution is 0.0654. The van der Waals surface area contributed by atoms with Gasteiger partial charge in [-0.1, -0.05) is 23.7 Å². The van der Waals surface area contributed by atoms with Crippen molar-refractivity contribution in [3.8, 4) is 0 Å². The number of benzene rings is 2. The van der Waals surface area contributed by atoms with E-state index in [1.54, 1.807) is 42.5 Å². The summed E-state index contributed by atoms with van der Waals surface area (Å²) in [5, 5.41) is 0.581. The molecule has 0 saturated heterocycles. The number of fused-ring (bicyclic) bond motifs is 2. The summed E-state index contributed by atoms with van der Waals surface area (Å²) in [6.45, 7) is 0.229. The number of hydrogen-bond acceptors (Lipinski definition) is 4. The lowest BCUT2D eigenvalue weighted by Crippen LogP contribution is -2.31. The van der Waals surface area contributed by atoms with Crippen molar-refractivity contribution < 1.29 is 14.0 Å². The molecule has 2 amide bonds. The topological polar surface area (TPSA) is 63.4 Å². The largest absolute Gasteiger partial charge is 0.441 e. The van der Waals surface area contributed by atoms with Crippen molar-refractivity contribution in [2.24, 2.45) is 0 Å². The number of rotatable bonds is 3. The molecule has 0 aliphatic carbocycles. The molecule has 0 atom stereocenters. The van der Waals surface area contributed by atoms with E-state index < -0.39 is 0 Å². The highest BCUT2D eigenvalue weighted by molar-refractivity contribution is 6.31. The fraction of sp³-hybridized carbons (Fsp3) is 0.118. The first-order valence-corrected chi connectivity index (χ1v) is 7.51. The van der Waals surface area contributed by atoms with E-state index in [4.69, 9.17) is 16.0 Å². The molecule has 3 aromatic rings. The first-order valence-electron chi connectivity index (χ1n) is 7.14. The van der Waals surface area contributed by atoms with Crippen LogP contribution in [0.2, 0.25) is 5.02 Å². The molecule has 5 nitrogen and oxygen atoms in total. The zero-order chi connectivity index (χ0) is 16.0. The summed E-state index contributed by atoms with van der Waals surface area (Å²) in [6.07, 6.45) is 0.359. The summed E-state index contributed by atoms with van der Waals surface area (Å²) in [5.41, 5.74) is 2.19. The van der Waals surface area contributed by atoms with Gasteiger partial charge in [0.1, 0.15) is 5.52 Å². The number of amides is 2. The quantitative estimate of drug-likeness (QED) is 0.693. The summed E-state index contributed by atoms with van der Waals surface area (Å²) in [6, 6.07) is 12.0. The lowest BCUT2D eigenvalue weighted by atomic mass is 10.1. The van der Waals surface area contributed by atoms with Crippen molar-refractivity contribution in [3.05, 3.63) is 64.5 Å². The third-order valence-electron chi connectivity index (χ3n) is 3.82. The Balaban J connectivity index is 1.55. The molecule has 1 aliphatic rings. The summed E-state index contributed by atoms with van der Waals surface area (Å²) >= 11 is 5.92. The van der Waals surface area contributed by atoms with Gasteiger partial charge in [-0.2, -0.15) is 0 Å².